The summed E-state index contributed by atoms with van der Waals surface area (Å²) in [7, 11) is 0. The summed E-state index contributed by atoms with van der Waals surface area (Å²) in [5.41, 5.74) is -0.0723. The van der Waals surface area contributed by atoms with Crippen molar-refractivity contribution in [2.24, 2.45) is 11.8 Å². The van der Waals surface area contributed by atoms with Crippen LogP contribution in [0.1, 0.15) is 59.2 Å². The number of amides is 2. The second-order valence-corrected chi connectivity index (χ2v) is 18.7. The van der Waals surface area contributed by atoms with Gasteiger partial charge >= 0.3 is 257 Å². The van der Waals surface area contributed by atoms with Gasteiger partial charge in [-0.1, -0.05) is 0 Å². The first-order valence-corrected chi connectivity index (χ1v) is 21.2. The molecule has 0 bridgehead atoms. The van der Waals surface area contributed by atoms with Gasteiger partial charge in [0.05, 0.1) is 0 Å². The Labute approximate surface area is 260 Å². The zero-order chi connectivity index (χ0) is 31.6. The first-order valence-electron chi connectivity index (χ1n) is 13.6. The Morgan fingerprint density at radius 3 is 1.57 bits per heavy atom. The van der Waals surface area contributed by atoms with E-state index in [0.717, 1.165) is 12.1 Å². The molecule has 5 rings (SSSR count). The first-order chi connectivity index (χ1) is 20.8. The Kier molecular flexibility index (Phi) is 9.58. The van der Waals surface area contributed by atoms with Crippen molar-refractivity contribution in [2.45, 2.75) is 44.6 Å². The van der Waals surface area contributed by atoms with Crippen LogP contribution in [0.3, 0.4) is 0 Å². The molecular formula is C27H30I2N2O13. The van der Waals surface area contributed by atoms with Gasteiger partial charge in [0.1, 0.15) is 0 Å². The van der Waals surface area contributed by atoms with Crippen molar-refractivity contribution in [3.05, 3.63) is 54.7 Å². The van der Waals surface area contributed by atoms with Crippen molar-refractivity contribution in [1.29, 1.82) is 0 Å². The number of rotatable bonds is 8. The Hall–Kier alpha value is -3.14. The molecule has 1 saturated carbocycles. The van der Waals surface area contributed by atoms with Gasteiger partial charge in [-0.2, -0.15) is 0 Å². The van der Waals surface area contributed by atoms with Gasteiger partial charge in [-0.05, 0) is 0 Å². The van der Waals surface area contributed by atoms with Crippen molar-refractivity contribution < 1.29 is 52.9 Å². The molecule has 2 aliphatic heterocycles. The van der Waals surface area contributed by atoms with Gasteiger partial charge in [0, 0.05) is 0 Å². The van der Waals surface area contributed by atoms with Crippen LogP contribution in [-0.2, 0) is 12.3 Å². The molecule has 4 unspecified atom stereocenters. The quantitative estimate of drug-likeness (QED) is 0.190. The van der Waals surface area contributed by atoms with Crippen molar-refractivity contribution >= 4 is 62.6 Å². The zero-order valence-electron chi connectivity index (χ0n) is 23.0. The Morgan fingerprint density at radius 2 is 1.16 bits per heavy atom. The SMILES string of the molecule is O=C(NCCC1CCC(O)CCC1CCNC(=O)Oc1ccc2c(c1)I(=O)(O)OC2=O)Oc1ccc2c(c1)I(=O)(O)OC2=O. The van der Waals surface area contributed by atoms with Crippen LogP contribution < -0.4 is 20.1 Å². The maximum absolute atomic E-state index is 12.4. The molecular weight excluding hydrogens is 814 g/mol. The van der Waals surface area contributed by atoms with Gasteiger partial charge in [-0.3, -0.25) is 0 Å². The van der Waals surface area contributed by atoms with Crippen molar-refractivity contribution in [2.75, 3.05) is 13.1 Å². The number of hydrogen-bond donors (Lipinski definition) is 5. The summed E-state index contributed by atoms with van der Waals surface area (Å²) < 4.78 is 63.2. The fourth-order valence-electron chi connectivity index (χ4n) is 5.40. The average Bonchev–Trinajstić information content (AvgIpc) is 3.23. The van der Waals surface area contributed by atoms with E-state index in [1.807, 2.05) is 0 Å². The summed E-state index contributed by atoms with van der Waals surface area (Å²) in [6, 6.07) is 7.48. The molecule has 2 heterocycles. The summed E-state index contributed by atoms with van der Waals surface area (Å²) >= 11 is -10.2. The minimum absolute atomic E-state index is 0.0148. The third kappa shape index (κ3) is 7.38. The summed E-state index contributed by atoms with van der Waals surface area (Å²) in [6.07, 6.45) is 1.73. The molecule has 0 radical (unpaired) electrons. The van der Waals surface area contributed by atoms with Crippen molar-refractivity contribution in [3.63, 3.8) is 0 Å². The van der Waals surface area contributed by atoms with E-state index < -0.39 is 68.7 Å². The van der Waals surface area contributed by atoms with Crippen LogP contribution in [0.2, 0.25) is 0 Å². The van der Waals surface area contributed by atoms with E-state index in [-0.39, 0.29) is 54.7 Å². The van der Waals surface area contributed by atoms with Gasteiger partial charge in [0.2, 0.25) is 0 Å². The molecule has 2 aromatic carbocycles. The monoisotopic (exact) mass is 844 g/mol. The maximum atomic E-state index is 12.4. The molecule has 240 valence electrons. The molecule has 2 aromatic rings. The van der Waals surface area contributed by atoms with Crippen molar-refractivity contribution in [3.8, 4) is 11.5 Å². The van der Waals surface area contributed by atoms with E-state index in [2.05, 4.69) is 16.8 Å². The standard InChI is InChI=1S/C27H30I2N2O13/c32-17-3-1-15(9-11-30-26(35)41-18-5-7-20-22(13-18)28(37,38)43-24(20)33)16(2-4-17)10-12-31-27(36)42-19-6-8-21-23(14-19)29(39,40)44-25(21)34/h5-8,13-17,32H,1-4,9-12H2,(H,30,35)(H,31,36)(H,37,38)(H,39,40). The third-order valence-corrected chi connectivity index (χ3v) is 14.3. The van der Waals surface area contributed by atoms with E-state index in [9.17, 15) is 37.3 Å². The van der Waals surface area contributed by atoms with Gasteiger partial charge in [0.15, 0.2) is 0 Å². The van der Waals surface area contributed by atoms with Crippen LogP contribution in [0.25, 0.3) is 0 Å². The molecule has 15 nitrogen and oxygen atoms in total. The second kappa shape index (κ2) is 13.1. The Balaban J connectivity index is 1.09. The molecule has 0 spiro atoms. The molecule has 0 aromatic heterocycles. The normalized spacial score (nSPS) is 30.2. The van der Waals surface area contributed by atoms with E-state index in [1.54, 1.807) is 0 Å². The van der Waals surface area contributed by atoms with E-state index in [0.29, 0.717) is 38.5 Å². The molecule has 1 fully saturated rings. The average molecular weight is 844 g/mol. The number of aliphatic hydroxyl groups is 1. The van der Waals surface area contributed by atoms with Gasteiger partial charge in [-0.15, -0.1) is 0 Å². The fraction of sp³-hybridized carbons (Fsp3) is 0.407. The van der Waals surface area contributed by atoms with Crippen LogP contribution in [0.4, 0.5) is 9.59 Å². The molecule has 44 heavy (non-hydrogen) atoms. The summed E-state index contributed by atoms with van der Waals surface area (Å²) in [4.78, 5) is 48.1. The molecule has 4 atom stereocenters. The van der Waals surface area contributed by atoms with Crippen LogP contribution >= 0.6 is 38.5 Å². The third-order valence-electron chi connectivity index (χ3n) is 7.58. The molecule has 1 aliphatic carbocycles. The van der Waals surface area contributed by atoms with Crippen molar-refractivity contribution in [1.82, 2.24) is 10.6 Å². The molecule has 17 heteroatoms. The fourth-order valence-corrected chi connectivity index (χ4v) is 11.1. The van der Waals surface area contributed by atoms with Crippen LogP contribution in [-0.4, -0.2) is 55.3 Å². The first kappa shape index (κ1) is 32.3. The topological polar surface area (TPSA) is 224 Å². The van der Waals surface area contributed by atoms with E-state index >= 15 is 0 Å². The van der Waals surface area contributed by atoms with E-state index in [4.69, 9.17) is 9.47 Å². The minimum atomic E-state index is -5.09. The number of hydrogen-bond acceptors (Lipinski definition) is 11. The number of benzene rings is 2. The van der Waals surface area contributed by atoms with Crippen LogP contribution in [0.5, 0.6) is 11.5 Å². The Bertz CT molecular complexity index is 1480. The summed E-state index contributed by atoms with van der Waals surface area (Å²) in [5.74, 6) is -1.58. The zero-order valence-corrected chi connectivity index (χ0v) is 27.3. The number of aliphatic hydroxyl groups excluding tert-OH is 1. The van der Waals surface area contributed by atoms with Gasteiger partial charge in [0.25, 0.3) is 0 Å². The summed E-state index contributed by atoms with van der Waals surface area (Å²) in [6.45, 7) is 0.504. The second-order valence-electron chi connectivity index (χ2n) is 10.4. The number of fused-ring (bicyclic) bond motifs is 2. The molecule has 0 saturated heterocycles. The number of halogens is 2. The molecule has 3 aliphatic rings. The Morgan fingerprint density at radius 1 is 0.750 bits per heavy atom. The predicted octanol–water partition coefficient (Wildman–Crippen LogP) is 3.61. The number of carbonyl (C=O) groups is 4. The number of ether oxygens (including phenoxy) is 2. The predicted molar refractivity (Wildman–Crippen MR) is 164 cm³/mol. The van der Waals surface area contributed by atoms with Crippen LogP contribution in [0, 0.1) is 19.0 Å². The van der Waals surface area contributed by atoms with Gasteiger partial charge in [-0.25, -0.2) is 0 Å². The molecule has 5 N–H and O–H groups in total. The number of carbonyl (C=O) groups excluding carboxylic acids is 4. The molecule has 2 amide bonds. The number of nitrogens with one attached hydrogen (secondary N) is 2. The van der Waals surface area contributed by atoms with Gasteiger partial charge < -0.3 is 5.11 Å². The van der Waals surface area contributed by atoms with E-state index in [1.165, 1.54) is 24.3 Å². The summed E-state index contributed by atoms with van der Waals surface area (Å²) in [5, 5.41) is 15.5. The van der Waals surface area contributed by atoms with Crippen LogP contribution in [0.15, 0.2) is 36.4 Å².